The van der Waals surface area contributed by atoms with Crippen LogP contribution in [0.25, 0.3) is 0 Å². The molecular weight excluding hydrogens is 417 g/mol. The Kier molecular flexibility index (Phi) is 6.91. The lowest BCUT2D eigenvalue weighted by molar-refractivity contribution is -0.148. The molecule has 0 spiro atoms. The summed E-state index contributed by atoms with van der Waals surface area (Å²) in [6.07, 6.45) is 0.730. The summed E-state index contributed by atoms with van der Waals surface area (Å²) in [5, 5.41) is 0.519. The second-order valence-electron chi connectivity index (χ2n) is 6.57. The van der Waals surface area contributed by atoms with Gasteiger partial charge in [0, 0.05) is 11.3 Å². The van der Waals surface area contributed by atoms with Crippen LogP contribution in [0, 0.1) is 6.92 Å². The molecule has 1 saturated heterocycles. The first-order valence-corrected chi connectivity index (χ1v) is 10.9. The van der Waals surface area contributed by atoms with E-state index >= 15 is 0 Å². The molecule has 1 aliphatic rings. The van der Waals surface area contributed by atoms with Gasteiger partial charge < -0.3 is 9.64 Å². The number of hydrogen-bond donors (Lipinski definition) is 0. The maximum atomic E-state index is 13.4. The van der Waals surface area contributed by atoms with Gasteiger partial charge in [0.25, 0.3) is 5.91 Å². The summed E-state index contributed by atoms with van der Waals surface area (Å²) in [6.45, 7) is 4.16. The molecule has 28 heavy (non-hydrogen) atoms. The average Bonchev–Trinajstić information content (AvgIpc) is 3.13. The highest BCUT2D eigenvalue weighted by Crippen LogP contribution is 2.44. The van der Waals surface area contributed by atoms with Crippen molar-refractivity contribution >= 4 is 46.8 Å². The van der Waals surface area contributed by atoms with Crippen LogP contribution in [0.2, 0.25) is 10.0 Å². The van der Waals surface area contributed by atoms with Crippen molar-refractivity contribution < 1.29 is 14.3 Å². The zero-order chi connectivity index (χ0) is 20.3. The number of esters is 1. The van der Waals surface area contributed by atoms with Crippen LogP contribution in [-0.4, -0.2) is 35.2 Å². The zero-order valence-corrected chi connectivity index (χ0v) is 18.0. The Morgan fingerprint density at radius 1 is 1.18 bits per heavy atom. The van der Waals surface area contributed by atoms with Crippen molar-refractivity contribution in [1.29, 1.82) is 0 Å². The average molecular weight is 438 g/mol. The van der Waals surface area contributed by atoms with Gasteiger partial charge in [-0.3, -0.25) is 4.79 Å². The highest BCUT2D eigenvalue weighted by atomic mass is 35.5. The number of halogens is 2. The van der Waals surface area contributed by atoms with E-state index in [2.05, 4.69) is 0 Å². The van der Waals surface area contributed by atoms with Crippen LogP contribution in [0.3, 0.4) is 0 Å². The molecular formula is C21H21Cl2NO3S. The standard InChI is InChI=1S/C21H21Cl2NO3S/c1-3-10-27-21(26)18-12-28-20(14-8-9-16(22)17(23)11-14)24(18)19(25)15-7-5-4-6-13(15)2/h4-9,11,18,20H,3,10,12H2,1-2H3. The summed E-state index contributed by atoms with van der Waals surface area (Å²) < 4.78 is 5.36. The fourth-order valence-corrected chi connectivity index (χ4v) is 4.82. The number of amides is 1. The van der Waals surface area contributed by atoms with Gasteiger partial charge in [-0.25, -0.2) is 4.79 Å². The van der Waals surface area contributed by atoms with Crippen molar-refractivity contribution in [3.8, 4) is 0 Å². The molecule has 2 aromatic carbocycles. The highest BCUT2D eigenvalue weighted by Gasteiger charge is 2.43. The number of carbonyl (C=O) groups excluding carboxylic acids is 2. The van der Waals surface area contributed by atoms with Crippen LogP contribution in [0.5, 0.6) is 0 Å². The third-order valence-corrected chi connectivity index (χ3v) is 6.62. The van der Waals surface area contributed by atoms with Gasteiger partial charge in [-0.15, -0.1) is 11.8 Å². The van der Waals surface area contributed by atoms with E-state index in [0.717, 1.165) is 17.5 Å². The highest BCUT2D eigenvalue weighted by molar-refractivity contribution is 7.99. The maximum Gasteiger partial charge on any atom is 0.329 e. The molecule has 3 rings (SSSR count). The Labute approximate surface area is 179 Å². The first-order chi connectivity index (χ1) is 13.4. The van der Waals surface area contributed by atoms with Gasteiger partial charge in [0.15, 0.2) is 0 Å². The fraction of sp³-hybridized carbons (Fsp3) is 0.333. The van der Waals surface area contributed by atoms with Crippen molar-refractivity contribution in [2.75, 3.05) is 12.4 Å². The molecule has 1 fully saturated rings. The Hall–Kier alpha value is -1.69. The molecule has 0 aromatic heterocycles. The largest absolute Gasteiger partial charge is 0.464 e. The quantitative estimate of drug-likeness (QED) is 0.578. The lowest BCUT2D eigenvalue weighted by atomic mass is 10.1. The zero-order valence-electron chi connectivity index (χ0n) is 15.7. The third kappa shape index (κ3) is 4.32. The molecule has 2 aromatic rings. The topological polar surface area (TPSA) is 46.6 Å². The van der Waals surface area contributed by atoms with E-state index < -0.39 is 6.04 Å². The van der Waals surface area contributed by atoms with Crippen molar-refractivity contribution in [3.63, 3.8) is 0 Å². The fourth-order valence-electron chi connectivity index (χ4n) is 3.11. The number of nitrogens with zero attached hydrogens (tertiary/aromatic N) is 1. The van der Waals surface area contributed by atoms with E-state index in [1.54, 1.807) is 23.1 Å². The Balaban J connectivity index is 1.99. The monoisotopic (exact) mass is 437 g/mol. The number of hydrogen-bond acceptors (Lipinski definition) is 4. The number of rotatable bonds is 5. The molecule has 1 heterocycles. The van der Waals surface area contributed by atoms with Gasteiger partial charge in [0.1, 0.15) is 11.4 Å². The molecule has 148 valence electrons. The van der Waals surface area contributed by atoms with E-state index in [4.69, 9.17) is 27.9 Å². The van der Waals surface area contributed by atoms with E-state index in [1.165, 1.54) is 11.8 Å². The predicted octanol–water partition coefficient (Wildman–Crippen LogP) is 5.51. The molecule has 4 nitrogen and oxygen atoms in total. The minimum atomic E-state index is -0.650. The van der Waals surface area contributed by atoms with Crippen LogP contribution in [0.4, 0.5) is 0 Å². The van der Waals surface area contributed by atoms with E-state index in [-0.39, 0.29) is 17.3 Å². The second kappa shape index (κ2) is 9.21. The number of aryl methyl sites for hydroxylation is 1. The van der Waals surface area contributed by atoms with Crippen LogP contribution >= 0.6 is 35.0 Å². The minimum Gasteiger partial charge on any atom is -0.464 e. The Bertz CT molecular complexity index is 890. The summed E-state index contributed by atoms with van der Waals surface area (Å²) in [5.41, 5.74) is 2.26. The van der Waals surface area contributed by atoms with Crippen LogP contribution in [0.15, 0.2) is 42.5 Å². The molecule has 1 amide bonds. The Morgan fingerprint density at radius 2 is 1.93 bits per heavy atom. The van der Waals surface area contributed by atoms with Crippen molar-refractivity contribution in [3.05, 3.63) is 69.2 Å². The lowest BCUT2D eigenvalue weighted by Gasteiger charge is -2.29. The van der Waals surface area contributed by atoms with E-state index in [0.29, 0.717) is 28.0 Å². The summed E-state index contributed by atoms with van der Waals surface area (Å²) in [7, 11) is 0. The molecule has 0 bridgehead atoms. The van der Waals surface area contributed by atoms with Crippen LogP contribution < -0.4 is 0 Å². The first kappa shape index (κ1) is 21.0. The molecule has 0 saturated carbocycles. The van der Waals surface area contributed by atoms with Gasteiger partial charge in [-0.05, 0) is 42.7 Å². The summed E-state index contributed by atoms with van der Waals surface area (Å²) in [4.78, 5) is 27.7. The molecule has 1 aliphatic heterocycles. The minimum absolute atomic E-state index is 0.197. The summed E-state index contributed by atoms with van der Waals surface area (Å²) in [5.74, 6) is -0.109. The van der Waals surface area contributed by atoms with E-state index in [9.17, 15) is 9.59 Å². The van der Waals surface area contributed by atoms with Gasteiger partial charge in [0.2, 0.25) is 0 Å². The number of thioether (sulfide) groups is 1. The number of carbonyl (C=O) groups is 2. The van der Waals surface area contributed by atoms with Gasteiger partial charge >= 0.3 is 5.97 Å². The summed E-state index contributed by atoms with van der Waals surface area (Å²) >= 11 is 13.8. The van der Waals surface area contributed by atoms with Crippen molar-refractivity contribution in [2.45, 2.75) is 31.7 Å². The van der Waals surface area contributed by atoms with Crippen molar-refractivity contribution in [2.24, 2.45) is 0 Å². The first-order valence-electron chi connectivity index (χ1n) is 9.05. The maximum absolute atomic E-state index is 13.4. The number of ether oxygens (including phenoxy) is 1. The molecule has 0 aliphatic carbocycles. The van der Waals surface area contributed by atoms with Crippen LogP contribution in [-0.2, 0) is 9.53 Å². The lowest BCUT2D eigenvalue weighted by Crippen LogP contribution is -2.44. The summed E-state index contributed by atoms with van der Waals surface area (Å²) in [6, 6.07) is 12.0. The predicted molar refractivity (Wildman–Crippen MR) is 114 cm³/mol. The Morgan fingerprint density at radius 3 is 2.61 bits per heavy atom. The third-order valence-electron chi connectivity index (χ3n) is 4.56. The molecule has 0 radical (unpaired) electrons. The molecule has 2 atom stereocenters. The van der Waals surface area contributed by atoms with Crippen molar-refractivity contribution in [1.82, 2.24) is 4.90 Å². The molecule has 7 heteroatoms. The van der Waals surface area contributed by atoms with Gasteiger partial charge in [-0.1, -0.05) is 54.4 Å². The molecule has 2 unspecified atom stereocenters. The SMILES string of the molecule is CCCOC(=O)C1CSC(c2ccc(Cl)c(Cl)c2)N1C(=O)c1ccccc1C. The molecule has 0 N–H and O–H groups in total. The van der Waals surface area contributed by atoms with Crippen LogP contribution in [0.1, 0.15) is 40.2 Å². The number of benzene rings is 2. The second-order valence-corrected chi connectivity index (χ2v) is 8.50. The van der Waals surface area contributed by atoms with E-state index in [1.807, 2.05) is 38.1 Å². The van der Waals surface area contributed by atoms with Gasteiger partial charge in [0.05, 0.1) is 16.7 Å². The smallest absolute Gasteiger partial charge is 0.329 e. The normalized spacial score (nSPS) is 18.9. The van der Waals surface area contributed by atoms with Gasteiger partial charge in [-0.2, -0.15) is 0 Å².